The standard InChI is InChI=1S/C25H30N2O/c1-15-16(2)27-22(26-15)17-11-9-10-12-18(17)25(27)13-19(23(3,4)5)21(28)20(14-25)24(6,7)8/h9-14H,1-8H3. The lowest BCUT2D eigenvalue weighted by Gasteiger charge is -2.39. The van der Waals surface area contributed by atoms with Crippen molar-refractivity contribution in [3.05, 3.63) is 64.5 Å². The molecule has 2 heterocycles. The topological polar surface area (TPSA) is 34.9 Å². The van der Waals surface area contributed by atoms with Crippen molar-refractivity contribution in [3.8, 4) is 11.4 Å². The highest BCUT2D eigenvalue weighted by Crippen LogP contribution is 2.52. The first-order valence-electron chi connectivity index (χ1n) is 10.1. The predicted molar refractivity (Wildman–Crippen MR) is 114 cm³/mol. The number of aryl methyl sites for hydroxylation is 1. The first-order chi connectivity index (χ1) is 12.9. The molecule has 1 aromatic heterocycles. The Balaban J connectivity index is 2.17. The van der Waals surface area contributed by atoms with Crippen LogP contribution in [0.1, 0.15) is 58.5 Å². The number of rotatable bonds is 0. The van der Waals surface area contributed by atoms with Crippen molar-refractivity contribution in [1.29, 1.82) is 0 Å². The van der Waals surface area contributed by atoms with E-state index in [0.29, 0.717) is 0 Å². The van der Waals surface area contributed by atoms with Gasteiger partial charge in [0.2, 0.25) is 0 Å². The van der Waals surface area contributed by atoms with E-state index >= 15 is 0 Å². The van der Waals surface area contributed by atoms with Crippen LogP contribution in [0.2, 0.25) is 0 Å². The van der Waals surface area contributed by atoms with Crippen molar-refractivity contribution in [2.24, 2.45) is 10.8 Å². The SMILES string of the molecule is Cc1nc2n(c1C)C1(C=C(C(C)(C)C)C(=O)C(C(C)(C)C)=C1)c1ccccc1-2. The molecule has 0 N–H and O–H groups in total. The molecule has 28 heavy (non-hydrogen) atoms. The zero-order valence-corrected chi connectivity index (χ0v) is 18.3. The number of carbonyl (C=O) groups excluding carboxylic acids is 1. The van der Waals surface area contributed by atoms with Crippen LogP contribution >= 0.6 is 0 Å². The Kier molecular flexibility index (Phi) is 3.76. The third-order valence-electron chi connectivity index (χ3n) is 6.15. The van der Waals surface area contributed by atoms with Gasteiger partial charge in [-0.15, -0.1) is 0 Å². The summed E-state index contributed by atoms with van der Waals surface area (Å²) < 4.78 is 2.33. The molecule has 0 saturated carbocycles. The van der Waals surface area contributed by atoms with Crippen molar-refractivity contribution >= 4 is 5.78 Å². The summed E-state index contributed by atoms with van der Waals surface area (Å²) in [5.74, 6) is 1.17. The van der Waals surface area contributed by atoms with E-state index in [-0.39, 0.29) is 16.6 Å². The molecular formula is C25H30N2O. The van der Waals surface area contributed by atoms with Crippen LogP contribution < -0.4 is 0 Å². The average Bonchev–Trinajstić information content (AvgIpc) is 3.02. The van der Waals surface area contributed by atoms with Gasteiger partial charge in [0, 0.05) is 22.4 Å². The Morgan fingerprint density at radius 1 is 0.893 bits per heavy atom. The zero-order chi connectivity index (χ0) is 20.6. The summed E-state index contributed by atoms with van der Waals surface area (Å²) in [4.78, 5) is 18.4. The number of nitrogens with zero attached hydrogens (tertiary/aromatic N) is 2. The Labute approximate surface area is 168 Å². The summed E-state index contributed by atoms with van der Waals surface area (Å²) >= 11 is 0. The first kappa shape index (κ1) is 18.9. The molecule has 0 bridgehead atoms. The molecule has 146 valence electrons. The molecule has 0 unspecified atom stereocenters. The number of benzene rings is 1. The van der Waals surface area contributed by atoms with Crippen LogP contribution in [0.5, 0.6) is 0 Å². The van der Waals surface area contributed by atoms with Crippen LogP contribution in [0.15, 0.2) is 47.6 Å². The Morgan fingerprint density at radius 2 is 1.43 bits per heavy atom. The first-order valence-corrected chi connectivity index (χ1v) is 10.1. The van der Waals surface area contributed by atoms with Crippen LogP contribution in [0, 0.1) is 24.7 Å². The molecule has 1 aromatic carbocycles. The van der Waals surface area contributed by atoms with Crippen LogP contribution in [-0.4, -0.2) is 15.3 Å². The maximum atomic E-state index is 13.5. The summed E-state index contributed by atoms with van der Waals surface area (Å²) in [6.45, 7) is 17.0. The molecule has 2 aliphatic rings. The van der Waals surface area contributed by atoms with Gasteiger partial charge in [-0.05, 0) is 42.4 Å². The van der Waals surface area contributed by atoms with E-state index in [4.69, 9.17) is 4.98 Å². The van der Waals surface area contributed by atoms with E-state index in [1.807, 2.05) is 0 Å². The largest absolute Gasteiger partial charge is 0.311 e. The van der Waals surface area contributed by atoms with Crippen LogP contribution in [0.3, 0.4) is 0 Å². The molecule has 3 nitrogen and oxygen atoms in total. The maximum absolute atomic E-state index is 13.5. The lowest BCUT2D eigenvalue weighted by Crippen LogP contribution is -2.39. The Morgan fingerprint density at radius 3 is 1.96 bits per heavy atom. The second-order valence-corrected chi connectivity index (χ2v) is 10.3. The smallest absolute Gasteiger partial charge is 0.185 e. The van der Waals surface area contributed by atoms with Gasteiger partial charge in [-0.25, -0.2) is 4.98 Å². The molecule has 1 aliphatic carbocycles. The second-order valence-electron chi connectivity index (χ2n) is 10.3. The van der Waals surface area contributed by atoms with Gasteiger partial charge in [0.1, 0.15) is 11.4 Å². The predicted octanol–water partition coefficient (Wildman–Crippen LogP) is 5.75. The molecule has 0 amide bonds. The number of hydrogen-bond donors (Lipinski definition) is 0. The molecular weight excluding hydrogens is 344 g/mol. The van der Waals surface area contributed by atoms with E-state index in [9.17, 15) is 4.79 Å². The zero-order valence-electron chi connectivity index (χ0n) is 18.3. The fraction of sp³-hybridized carbons (Fsp3) is 0.440. The van der Waals surface area contributed by atoms with Gasteiger partial charge in [-0.2, -0.15) is 0 Å². The fourth-order valence-corrected chi connectivity index (χ4v) is 4.55. The van der Waals surface area contributed by atoms with E-state index in [0.717, 1.165) is 33.9 Å². The van der Waals surface area contributed by atoms with Crippen molar-refractivity contribution < 1.29 is 4.79 Å². The van der Waals surface area contributed by atoms with Gasteiger partial charge in [0.25, 0.3) is 0 Å². The number of ketones is 1. The lowest BCUT2D eigenvalue weighted by molar-refractivity contribution is -0.114. The number of hydrogen-bond acceptors (Lipinski definition) is 2. The van der Waals surface area contributed by atoms with Gasteiger partial charge in [-0.1, -0.05) is 65.8 Å². The molecule has 3 heteroatoms. The van der Waals surface area contributed by atoms with Gasteiger partial charge in [0.15, 0.2) is 5.78 Å². The minimum atomic E-state index is -0.504. The Bertz CT molecular complexity index is 1030. The summed E-state index contributed by atoms with van der Waals surface area (Å²) in [7, 11) is 0. The van der Waals surface area contributed by atoms with E-state index in [2.05, 4.69) is 96.4 Å². The Hall–Kier alpha value is -2.42. The number of imidazole rings is 1. The summed E-state index contributed by atoms with van der Waals surface area (Å²) in [6, 6.07) is 8.48. The molecule has 2 aromatic rings. The number of Topliss-reactive ketones (excluding diaryl/α,β-unsaturated/α-hetero) is 1. The number of carbonyl (C=O) groups is 1. The van der Waals surface area contributed by atoms with Crippen molar-refractivity contribution in [2.45, 2.75) is 60.9 Å². The van der Waals surface area contributed by atoms with Gasteiger partial charge in [0.05, 0.1) is 5.69 Å². The number of allylic oxidation sites excluding steroid dienone is 4. The maximum Gasteiger partial charge on any atom is 0.185 e. The molecule has 0 radical (unpaired) electrons. The quantitative estimate of drug-likeness (QED) is 0.588. The molecule has 1 aliphatic heterocycles. The third-order valence-corrected chi connectivity index (χ3v) is 6.15. The highest BCUT2D eigenvalue weighted by atomic mass is 16.1. The van der Waals surface area contributed by atoms with Crippen LogP contribution in [0.25, 0.3) is 11.4 Å². The van der Waals surface area contributed by atoms with Crippen molar-refractivity contribution in [2.75, 3.05) is 0 Å². The summed E-state index contributed by atoms with van der Waals surface area (Å²) in [5, 5.41) is 0. The van der Waals surface area contributed by atoms with Gasteiger partial charge >= 0.3 is 0 Å². The van der Waals surface area contributed by atoms with Crippen LogP contribution in [0.4, 0.5) is 0 Å². The van der Waals surface area contributed by atoms with E-state index in [1.165, 1.54) is 5.56 Å². The number of fused-ring (bicyclic) bond motifs is 5. The normalized spacial score (nSPS) is 18.1. The molecule has 0 atom stereocenters. The monoisotopic (exact) mass is 374 g/mol. The highest BCUT2D eigenvalue weighted by molar-refractivity contribution is 6.11. The molecule has 4 rings (SSSR count). The minimum Gasteiger partial charge on any atom is -0.311 e. The third kappa shape index (κ3) is 2.41. The molecule has 1 spiro atoms. The van der Waals surface area contributed by atoms with Crippen LogP contribution in [-0.2, 0) is 10.3 Å². The molecule has 0 saturated heterocycles. The second kappa shape index (κ2) is 5.56. The summed E-state index contributed by atoms with van der Waals surface area (Å²) in [6.07, 6.45) is 4.40. The van der Waals surface area contributed by atoms with Gasteiger partial charge in [-0.3, -0.25) is 4.79 Å². The van der Waals surface area contributed by atoms with E-state index < -0.39 is 5.54 Å². The van der Waals surface area contributed by atoms with Crippen molar-refractivity contribution in [1.82, 2.24) is 9.55 Å². The molecule has 0 fully saturated rings. The number of aromatic nitrogens is 2. The van der Waals surface area contributed by atoms with Gasteiger partial charge < -0.3 is 4.57 Å². The lowest BCUT2D eigenvalue weighted by atomic mass is 9.67. The summed E-state index contributed by atoms with van der Waals surface area (Å²) in [5.41, 5.74) is 5.33. The van der Waals surface area contributed by atoms with E-state index in [1.54, 1.807) is 0 Å². The average molecular weight is 375 g/mol. The fourth-order valence-electron chi connectivity index (χ4n) is 4.55. The highest BCUT2D eigenvalue weighted by Gasteiger charge is 2.48. The van der Waals surface area contributed by atoms with Crippen molar-refractivity contribution in [3.63, 3.8) is 0 Å². The minimum absolute atomic E-state index is 0.172.